The summed E-state index contributed by atoms with van der Waals surface area (Å²) in [6.45, 7) is 14.3. The zero-order valence-corrected chi connectivity index (χ0v) is 27.8. The zero-order chi connectivity index (χ0) is 32.2. The number of rotatable bonds is 13. The molecule has 0 radical (unpaired) electrons. The quantitative estimate of drug-likeness (QED) is 0.0978. The lowest BCUT2D eigenvalue weighted by Gasteiger charge is -2.36. The van der Waals surface area contributed by atoms with E-state index in [-0.39, 0.29) is 5.92 Å². The first kappa shape index (κ1) is 34.6. The van der Waals surface area contributed by atoms with Crippen molar-refractivity contribution in [1.82, 2.24) is 40.2 Å². The summed E-state index contributed by atoms with van der Waals surface area (Å²) in [6.07, 6.45) is 23.7. The van der Waals surface area contributed by atoms with Gasteiger partial charge in [-0.2, -0.15) is 15.4 Å². The van der Waals surface area contributed by atoms with Gasteiger partial charge in [0.2, 0.25) is 5.82 Å². The molecule has 1 N–H and O–H groups in total. The first-order valence-electron chi connectivity index (χ1n) is 15.2. The molecule has 11 nitrogen and oxygen atoms in total. The first-order valence-corrected chi connectivity index (χ1v) is 17.3. The standard InChI is InChI=1S/C30H41N9O2S.C2H6/c1-7-9-17-41-30(29-34-36-37-35-29)14-11-25(12-15-30)18-31-28-27(20-33-39(28)21-24(4)42(5,6)40)26-19-32-38(22-26)16-13-23(3)10-8-2;1-2/h8,10,13,16,18-22,25H,2,5,7,9,11-12,14-15,17H2,1,3-4,6H3,(H,34,35,36,37);1-2H3/b16-13+,23-10-,24-21+,31-18+;. The molecule has 3 aromatic rings. The SMILES string of the molecule is C=C/C=C(C)\C=C\n1cc(-c2cnn(/C=C(\C)S(=C)(C)=O)c2/N=C/C2CCC(OCCCC)(c3nn[nH]n3)CC2)cn1.CC. The lowest BCUT2D eigenvalue weighted by molar-refractivity contribution is -0.0866. The molecule has 238 valence electrons. The van der Waals surface area contributed by atoms with Gasteiger partial charge in [-0.1, -0.05) is 51.1 Å². The van der Waals surface area contributed by atoms with Crippen molar-refractivity contribution in [3.63, 3.8) is 0 Å². The fraction of sp³-hybridized carbons (Fsp3) is 0.469. The smallest absolute Gasteiger partial charge is 0.206 e. The van der Waals surface area contributed by atoms with E-state index in [2.05, 4.69) is 50.2 Å². The van der Waals surface area contributed by atoms with Crippen LogP contribution in [0.2, 0.25) is 0 Å². The van der Waals surface area contributed by atoms with Gasteiger partial charge in [-0.25, -0.2) is 14.4 Å². The molecule has 0 spiro atoms. The summed E-state index contributed by atoms with van der Waals surface area (Å²) in [4.78, 5) is 5.58. The minimum Gasteiger partial charge on any atom is -0.367 e. The van der Waals surface area contributed by atoms with Crippen LogP contribution in [0.4, 0.5) is 5.82 Å². The van der Waals surface area contributed by atoms with E-state index < -0.39 is 15.1 Å². The maximum atomic E-state index is 12.6. The fourth-order valence-electron chi connectivity index (χ4n) is 4.69. The number of unbranched alkanes of at least 4 members (excludes halogenated alkanes) is 1. The third kappa shape index (κ3) is 9.06. The van der Waals surface area contributed by atoms with Crippen molar-refractivity contribution in [2.75, 3.05) is 12.9 Å². The summed E-state index contributed by atoms with van der Waals surface area (Å²) in [6, 6.07) is 0. The number of allylic oxidation sites excluding steroid dienone is 5. The highest BCUT2D eigenvalue weighted by atomic mass is 32.2. The molecule has 0 amide bonds. The molecule has 12 heteroatoms. The highest BCUT2D eigenvalue weighted by Gasteiger charge is 2.41. The number of ether oxygens (including phenoxy) is 1. The van der Waals surface area contributed by atoms with E-state index in [1.54, 1.807) is 47.2 Å². The second-order valence-electron chi connectivity index (χ2n) is 10.8. The second-order valence-corrected chi connectivity index (χ2v) is 13.4. The van der Waals surface area contributed by atoms with E-state index in [1.807, 2.05) is 51.5 Å². The monoisotopic (exact) mass is 621 g/mol. The van der Waals surface area contributed by atoms with Crippen LogP contribution in [0.5, 0.6) is 0 Å². The molecule has 3 aromatic heterocycles. The Bertz CT molecular complexity index is 1570. The molecule has 44 heavy (non-hydrogen) atoms. The van der Waals surface area contributed by atoms with Crippen molar-refractivity contribution in [2.24, 2.45) is 10.9 Å². The second kappa shape index (κ2) is 16.2. The molecule has 0 saturated heterocycles. The Morgan fingerprint density at radius 1 is 1.25 bits per heavy atom. The Labute approximate surface area is 261 Å². The van der Waals surface area contributed by atoms with Crippen LogP contribution < -0.4 is 0 Å². The molecule has 0 aromatic carbocycles. The minimum absolute atomic E-state index is 0.231. The van der Waals surface area contributed by atoms with Gasteiger partial charge in [0.15, 0.2) is 5.82 Å². The van der Waals surface area contributed by atoms with E-state index in [0.717, 1.165) is 55.2 Å². The first-order chi connectivity index (χ1) is 21.1. The molecule has 0 bridgehead atoms. The predicted molar refractivity (Wildman–Crippen MR) is 182 cm³/mol. The van der Waals surface area contributed by atoms with Crippen LogP contribution in [-0.4, -0.2) is 69.3 Å². The molecule has 1 saturated carbocycles. The highest BCUT2D eigenvalue weighted by Crippen LogP contribution is 2.41. The van der Waals surface area contributed by atoms with Crippen LogP contribution in [0.15, 0.2) is 58.9 Å². The Morgan fingerprint density at radius 2 is 2.00 bits per heavy atom. The van der Waals surface area contributed by atoms with Crippen molar-refractivity contribution >= 4 is 39.8 Å². The van der Waals surface area contributed by atoms with Gasteiger partial charge in [-0.3, -0.25) is 4.21 Å². The van der Waals surface area contributed by atoms with E-state index in [9.17, 15) is 4.21 Å². The molecule has 0 aliphatic heterocycles. The number of hydrogen-bond acceptors (Lipinski definition) is 8. The number of H-pyrrole nitrogens is 1. The van der Waals surface area contributed by atoms with Crippen molar-refractivity contribution < 1.29 is 8.95 Å². The Morgan fingerprint density at radius 3 is 2.64 bits per heavy atom. The van der Waals surface area contributed by atoms with Gasteiger partial charge in [-0.15, -0.1) is 10.2 Å². The number of nitrogens with zero attached hydrogens (tertiary/aromatic N) is 8. The van der Waals surface area contributed by atoms with Crippen molar-refractivity contribution in [3.8, 4) is 11.1 Å². The molecule has 1 unspecified atom stereocenters. The summed E-state index contributed by atoms with van der Waals surface area (Å²) in [7, 11) is -2.39. The van der Waals surface area contributed by atoms with E-state index in [1.165, 1.54) is 0 Å². The van der Waals surface area contributed by atoms with Gasteiger partial charge in [0.05, 0.1) is 12.4 Å². The number of aromatic nitrogens is 8. The summed E-state index contributed by atoms with van der Waals surface area (Å²) >= 11 is 0. The molecule has 1 fully saturated rings. The average molecular weight is 622 g/mol. The van der Waals surface area contributed by atoms with Crippen molar-refractivity contribution in [1.29, 1.82) is 0 Å². The maximum absolute atomic E-state index is 12.6. The van der Waals surface area contributed by atoms with Gasteiger partial charge in [0.1, 0.15) is 5.60 Å². The molecule has 1 atom stereocenters. The lowest BCUT2D eigenvalue weighted by Crippen LogP contribution is -2.36. The summed E-state index contributed by atoms with van der Waals surface area (Å²) in [5, 5.41) is 23.9. The van der Waals surface area contributed by atoms with E-state index in [0.29, 0.717) is 23.2 Å². The lowest BCUT2D eigenvalue weighted by atomic mass is 9.78. The number of hydrogen-bond donors (Lipinski definition) is 1. The molecule has 3 heterocycles. The summed E-state index contributed by atoms with van der Waals surface area (Å²) < 4.78 is 22.4. The van der Waals surface area contributed by atoms with Crippen LogP contribution in [0.3, 0.4) is 0 Å². The van der Waals surface area contributed by atoms with Crippen LogP contribution in [0.1, 0.15) is 79.0 Å². The topological polar surface area (TPSA) is 129 Å². The Balaban J connectivity index is 0.00000259. The summed E-state index contributed by atoms with van der Waals surface area (Å²) in [5.41, 5.74) is 2.21. The molecule has 1 aliphatic rings. The molecule has 1 aliphatic carbocycles. The Hall–Kier alpha value is -3.90. The van der Waals surface area contributed by atoms with Crippen molar-refractivity contribution in [2.45, 2.75) is 78.7 Å². The van der Waals surface area contributed by atoms with Gasteiger partial charge in [-0.05, 0) is 78.9 Å². The average Bonchev–Trinajstić information content (AvgIpc) is 3.79. The van der Waals surface area contributed by atoms with E-state index in [4.69, 9.17) is 9.73 Å². The number of nitrogens with one attached hydrogen (secondary N) is 1. The number of aliphatic imine (C=N–C) groups is 1. The van der Waals surface area contributed by atoms with Gasteiger partial charge in [0.25, 0.3) is 0 Å². The normalized spacial score (nSPS) is 20.9. The van der Waals surface area contributed by atoms with Crippen LogP contribution in [0, 0.1) is 5.92 Å². The number of tetrazole rings is 1. The third-order valence-corrected chi connectivity index (χ3v) is 8.88. The fourth-order valence-corrected chi connectivity index (χ4v) is 5.01. The third-order valence-electron chi connectivity index (χ3n) is 7.41. The highest BCUT2D eigenvalue weighted by molar-refractivity contribution is 8.03. The van der Waals surface area contributed by atoms with E-state index >= 15 is 0 Å². The molecule has 4 rings (SSSR count). The van der Waals surface area contributed by atoms with Crippen molar-refractivity contribution in [3.05, 3.63) is 59.7 Å². The zero-order valence-electron chi connectivity index (χ0n) is 26.9. The minimum atomic E-state index is -2.39. The largest absolute Gasteiger partial charge is 0.367 e. The van der Waals surface area contributed by atoms with Gasteiger partial charge in [0, 0.05) is 53.7 Å². The van der Waals surface area contributed by atoms with Gasteiger partial charge < -0.3 is 4.74 Å². The van der Waals surface area contributed by atoms with Gasteiger partial charge >= 0.3 is 0 Å². The number of aromatic amines is 1. The predicted octanol–water partition coefficient (Wildman–Crippen LogP) is 6.66. The maximum Gasteiger partial charge on any atom is 0.206 e. The Kier molecular flexibility index (Phi) is 12.8. The summed E-state index contributed by atoms with van der Waals surface area (Å²) in [5.74, 6) is 5.30. The van der Waals surface area contributed by atoms with Crippen LogP contribution in [-0.2, 0) is 19.9 Å². The molecular formula is C32H47N9O2S. The molecular weight excluding hydrogens is 574 g/mol. The van der Waals surface area contributed by atoms with Crippen LogP contribution >= 0.6 is 0 Å². The van der Waals surface area contributed by atoms with Crippen LogP contribution in [0.25, 0.3) is 23.5 Å².